The molecule has 0 saturated carbocycles. The molecule has 4 heteroatoms. The minimum absolute atomic E-state index is 0.148. The van der Waals surface area contributed by atoms with Crippen molar-refractivity contribution >= 4 is 23.3 Å². The Balaban J connectivity index is 3.26. The molecular formula is C15H25N3S. The summed E-state index contributed by atoms with van der Waals surface area (Å²) in [7, 11) is 2.08. The van der Waals surface area contributed by atoms with Gasteiger partial charge >= 0.3 is 0 Å². The summed E-state index contributed by atoms with van der Waals surface area (Å²) >= 11 is 1.73. The van der Waals surface area contributed by atoms with E-state index in [9.17, 15) is 0 Å². The molecule has 1 rings (SSSR count). The zero-order chi connectivity index (χ0) is 14.6. The van der Waals surface area contributed by atoms with E-state index >= 15 is 0 Å². The molecule has 19 heavy (non-hydrogen) atoms. The summed E-state index contributed by atoms with van der Waals surface area (Å²) in [4.78, 5) is 3.32. The van der Waals surface area contributed by atoms with Crippen molar-refractivity contribution in [2.75, 3.05) is 17.7 Å². The lowest BCUT2D eigenvalue weighted by atomic mass is 10.0. The van der Waals surface area contributed by atoms with Crippen molar-refractivity contribution in [3.63, 3.8) is 0 Å². The highest BCUT2D eigenvalue weighted by molar-refractivity contribution is 7.99. The quantitative estimate of drug-likeness (QED) is 0.475. The smallest absolute Gasteiger partial charge is 0.126 e. The Morgan fingerprint density at radius 1 is 1.37 bits per heavy atom. The summed E-state index contributed by atoms with van der Waals surface area (Å²) in [5.74, 6) is 1.68. The van der Waals surface area contributed by atoms with Crippen molar-refractivity contribution in [3.05, 3.63) is 23.8 Å². The third-order valence-corrected chi connectivity index (χ3v) is 4.47. The van der Waals surface area contributed by atoms with Gasteiger partial charge in [0.2, 0.25) is 0 Å². The number of amidine groups is 1. The number of nitrogens with zero attached hydrogens (tertiary/aromatic N) is 1. The molecule has 1 atom stereocenters. The van der Waals surface area contributed by atoms with Crippen LogP contribution in [0.1, 0.15) is 33.3 Å². The van der Waals surface area contributed by atoms with Crippen molar-refractivity contribution in [1.29, 1.82) is 5.41 Å². The standard InChI is InChI=1S/C15H25N3S/c1-6-19-13-9-7-8-12(14(13)15(16)17)18(5)11(4)10(2)3/h7-11H,6H2,1-5H3,(H3,16,17). The van der Waals surface area contributed by atoms with E-state index in [1.807, 2.05) is 12.1 Å². The Hall–Kier alpha value is -1.16. The summed E-state index contributed by atoms with van der Waals surface area (Å²) in [6, 6.07) is 6.54. The third-order valence-electron chi connectivity index (χ3n) is 3.53. The van der Waals surface area contributed by atoms with E-state index in [-0.39, 0.29) is 5.84 Å². The number of anilines is 1. The van der Waals surface area contributed by atoms with E-state index in [0.717, 1.165) is 21.9 Å². The summed E-state index contributed by atoms with van der Waals surface area (Å²) in [5.41, 5.74) is 7.72. The number of hydrogen-bond donors (Lipinski definition) is 2. The number of nitrogen functional groups attached to an aromatic ring is 1. The van der Waals surface area contributed by atoms with Crippen LogP contribution in [-0.2, 0) is 0 Å². The van der Waals surface area contributed by atoms with E-state index < -0.39 is 0 Å². The monoisotopic (exact) mass is 279 g/mol. The lowest BCUT2D eigenvalue weighted by molar-refractivity contribution is 0.505. The van der Waals surface area contributed by atoms with Crippen LogP contribution in [0.3, 0.4) is 0 Å². The molecule has 0 bridgehead atoms. The van der Waals surface area contributed by atoms with E-state index in [1.54, 1.807) is 11.8 Å². The highest BCUT2D eigenvalue weighted by Crippen LogP contribution is 2.31. The van der Waals surface area contributed by atoms with Gasteiger partial charge in [-0.1, -0.05) is 26.8 Å². The molecule has 0 amide bonds. The molecule has 0 aliphatic carbocycles. The van der Waals surface area contributed by atoms with E-state index in [4.69, 9.17) is 11.1 Å². The highest BCUT2D eigenvalue weighted by atomic mass is 32.2. The third kappa shape index (κ3) is 3.66. The zero-order valence-corrected chi connectivity index (χ0v) is 13.3. The highest BCUT2D eigenvalue weighted by Gasteiger charge is 2.19. The first kappa shape index (κ1) is 15.9. The maximum atomic E-state index is 7.87. The van der Waals surface area contributed by atoms with Gasteiger partial charge in [0.15, 0.2) is 0 Å². The molecule has 0 aromatic heterocycles. The molecule has 1 unspecified atom stereocenters. The lowest BCUT2D eigenvalue weighted by Gasteiger charge is -2.32. The average molecular weight is 279 g/mol. The molecule has 0 spiro atoms. The maximum absolute atomic E-state index is 7.87. The predicted octanol–water partition coefficient (Wildman–Crippen LogP) is 3.56. The Bertz CT molecular complexity index is 443. The van der Waals surface area contributed by atoms with Gasteiger partial charge in [-0.05, 0) is 30.7 Å². The Morgan fingerprint density at radius 2 is 2.00 bits per heavy atom. The second kappa shape index (κ2) is 6.85. The lowest BCUT2D eigenvalue weighted by Crippen LogP contribution is -2.34. The topological polar surface area (TPSA) is 53.1 Å². The van der Waals surface area contributed by atoms with Gasteiger partial charge in [0.05, 0.1) is 5.56 Å². The molecule has 0 radical (unpaired) electrons. The molecule has 0 aliphatic heterocycles. The summed E-state index contributed by atoms with van der Waals surface area (Å²) in [5, 5.41) is 7.87. The summed E-state index contributed by atoms with van der Waals surface area (Å²) in [6.45, 7) is 8.73. The van der Waals surface area contributed by atoms with Gasteiger partial charge in [0, 0.05) is 23.7 Å². The van der Waals surface area contributed by atoms with Crippen molar-refractivity contribution in [1.82, 2.24) is 0 Å². The fraction of sp³-hybridized carbons (Fsp3) is 0.533. The molecule has 0 fully saturated rings. The van der Waals surface area contributed by atoms with Gasteiger partial charge in [-0.25, -0.2) is 0 Å². The van der Waals surface area contributed by atoms with Crippen LogP contribution in [0.25, 0.3) is 0 Å². The van der Waals surface area contributed by atoms with E-state index in [0.29, 0.717) is 12.0 Å². The first-order chi connectivity index (χ1) is 8.90. The van der Waals surface area contributed by atoms with Crippen molar-refractivity contribution in [2.24, 2.45) is 11.7 Å². The molecule has 3 N–H and O–H groups in total. The summed E-state index contributed by atoms with van der Waals surface area (Å²) in [6.07, 6.45) is 0. The van der Waals surface area contributed by atoms with Crippen molar-refractivity contribution in [2.45, 2.75) is 38.6 Å². The largest absolute Gasteiger partial charge is 0.384 e. The molecule has 0 aliphatic rings. The van der Waals surface area contributed by atoms with Gasteiger partial charge in [-0.3, -0.25) is 5.41 Å². The normalized spacial score (nSPS) is 12.5. The Kier molecular flexibility index (Phi) is 5.73. The van der Waals surface area contributed by atoms with Gasteiger partial charge in [-0.15, -0.1) is 11.8 Å². The SMILES string of the molecule is CCSc1cccc(N(C)C(C)C(C)C)c1C(=N)N. The molecule has 1 aromatic rings. The van der Waals surface area contributed by atoms with E-state index in [1.165, 1.54) is 0 Å². The van der Waals surface area contributed by atoms with Crippen LogP contribution in [0.15, 0.2) is 23.1 Å². The van der Waals surface area contributed by atoms with Crippen LogP contribution in [0, 0.1) is 11.3 Å². The van der Waals surface area contributed by atoms with Crippen LogP contribution in [-0.4, -0.2) is 24.7 Å². The molecule has 3 nitrogen and oxygen atoms in total. The van der Waals surface area contributed by atoms with Gasteiger partial charge in [0.25, 0.3) is 0 Å². The number of rotatable bonds is 6. The van der Waals surface area contributed by atoms with Crippen LogP contribution >= 0.6 is 11.8 Å². The molecule has 0 heterocycles. The predicted molar refractivity (Wildman–Crippen MR) is 86.6 cm³/mol. The van der Waals surface area contributed by atoms with Crippen LogP contribution in [0.4, 0.5) is 5.69 Å². The zero-order valence-electron chi connectivity index (χ0n) is 12.5. The number of thioether (sulfide) groups is 1. The second-order valence-electron chi connectivity index (χ2n) is 5.09. The fourth-order valence-corrected chi connectivity index (χ4v) is 2.87. The van der Waals surface area contributed by atoms with Crippen molar-refractivity contribution in [3.8, 4) is 0 Å². The number of hydrogen-bond acceptors (Lipinski definition) is 3. The van der Waals surface area contributed by atoms with Gasteiger partial charge in [-0.2, -0.15) is 0 Å². The van der Waals surface area contributed by atoms with Crippen LogP contribution in [0.5, 0.6) is 0 Å². The molecular weight excluding hydrogens is 254 g/mol. The molecule has 106 valence electrons. The van der Waals surface area contributed by atoms with Gasteiger partial charge < -0.3 is 10.6 Å². The number of nitrogens with one attached hydrogen (secondary N) is 1. The number of nitrogens with two attached hydrogens (primary N) is 1. The van der Waals surface area contributed by atoms with Crippen molar-refractivity contribution < 1.29 is 0 Å². The average Bonchev–Trinajstić information content (AvgIpc) is 2.36. The minimum atomic E-state index is 0.148. The maximum Gasteiger partial charge on any atom is 0.126 e. The number of benzene rings is 1. The van der Waals surface area contributed by atoms with Crippen LogP contribution < -0.4 is 10.6 Å². The first-order valence-corrected chi connectivity index (χ1v) is 7.71. The second-order valence-corrected chi connectivity index (χ2v) is 6.40. The minimum Gasteiger partial charge on any atom is -0.384 e. The summed E-state index contributed by atoms with van der Waals surface area (Å²) < 4.78 is 0. The first-order valence-electron chi connectivity index (χ1n) is 6.73. The Morgan fingerprint density at radius 3 is 2.47 bits per heavy atom. The molecule has 0 saturated heterocycles. The molecule has 1 aromatic carbocycles. The fourth-order valence-electron chi connectivity index (χ4n) is 2.03. The Labute approximate surface area is 121 Å². The van der Waals surface area contributed by atoms with Gasteiger partial charge in [0.1, 0.15) is 5.84 Å². The van der Waals surface area contributed by atoms with E-state index in [2.05, 4.69) is 45.7 Å². The van der Waals surface area contributed by atoms with Crippen LogP contribution in [0.2, 0.25) is 0 Å².